The van der Waals surface area contributed by atoms with Gasteiger partial charge in [0.25, 0.3) is 5.91 Å². The molecule has 0 unspecified atom stereocenters. The summed E-state index contributed by atoms with van der Waals surface area (Å²) in [6.45, 7) is 6.53. The van der Waals surface area contributed by atoms with Crippen molar-refractivity contribution in [3.63, 3.8) is 0 Å². The molecular weight excluding hydrogens is 294 g/mol. The summed E-state index contributed by atoms with van der Waals surface area (Å²) in [7, 11) is 0. The summed E-state index contributed by atoms with van der Waals surface area (Å²) in [5, 5.41) is 0. The lowest BCUT2D eigenvalue weighted by atomic mass is 10.2. The summed E-state index contributed by atoms with van der Waals surface area (Å²) in [6.07, 6.45) is 1.02. The Bertz CT molecular complexity index is 540. The van der Waals surface area contributed by atoms with Gasteiger partial charge in [0.1, 0.15) is 11.6 Å². The van der Waals surface area contributed by atoms with Crippen LogP contribution < -0.4 is 10.9 Å². The van der Waals surface area contributed by atoms with E-state index in [1.807, 2.05) is 51.1 Å². The monoisotopic (exact) mass is 319 g/mol. The Kier molecular flexibility index (Phi) is 5.60. The van der Waals surface area contributed by atoms with Crippen LogP contribution in [0, 0.1) is 0 Å². The van der Waals surface area contributed by atoms with Crippen LogP contribution >= 0.6 is 0 Å². The molecule has 1 aromatic rings. The van der Waals surface area contributed by atoms with Crippen LogP contribution in [-0.2, 0) is 16.1 Å². The van der Waals surface area contributed by atoms with Crippen molar-refractivity contribution >= 4 is 12.0 Å². The van der Waals surface area contributed by atoms with E-state index in [0.29, 0.717) is 19.5 Å². The highest BCUT2D eigenvalue weighted by molar-refractivity contribution is 5.85. The Hall–Kier alpha value is -2.08. The fourth-order valence-corrected chi connectivity index (χ4v) is 2.49. The first-order valence-corrected chi connectivity index (χ1v) is 7.93. The number of ether oxygens (including phenoxy) is 1. The summed E-state index contributed by atoms with van der Waals surface area (Å²) >= 11 is 0. The SMILES string of the molecule is CC(C)(C)OC(=O)N1CCC[C@@H]1C(=O)NNCc1ccccc1. The molecule has 6 nitrogen and oxygen atoms in total. The van der Waals surface area contributed by atoms with E-state index in [1.165, 1.54) is 4.90 Å². The van der Waals surface area contributed by atoms with E-state index in [0.717, 1.165) is 12.0 Å². The van der Waals surface area contributed by atoms with Gasteiger partial charge in [-0.15, -0.1) is 0 Å². The van der Waals surface area contributed by atoms with Gasteiger partial charge in [-0.2, -0.15) is 0 Å². The molecule has 1 saturated heterocycles. The van der Waals surface area contributed by atoms with Gasteiger partial charge < -0.3 is 4.74 Å². The van der Waals surface area contributed by atoms with Crippen molar-refractivity contribution in [1.82, 2.24) is 15.8 Å². The smallest absolute Gasteiger partial charge is 0.410 e. The molecule has 1 aliphatic rings. The van der Waals surface area contributed by atoms with Gasteiger partial charge in [-0.05, 0) is 39.2 Å². The van der Waals surface area contributed by atoms with E-state index in [9.17, 15) is 9.59 Å². The quantitative estimate of drug-likeness (QED) is 0.835. The van der Waals surface area contributed by atoms with Gasteiger partial charge in [0.15, 0.2) is 0 Å². The van der Waals surface area contributed by atoms with Crippen molar-refractivity contribution < 1.29 is 14.3 Å². The molecule has 1 aromatic carbocycles. The number of rotatable bonds is 4. The fourth-order valence-electron chi connectivity index (χ4n) is 2.49. The first-order chi connectivity index (χ1) is 10.9. The molecule has 6 heteroatoms. The van der Waals surface area contributed by atoms with Gasteiger partial charge in [-0.3, -0.25) is 15.1 Å². The van der Waals surface area contributed by atoms with Crippen LogP contribution in [0.15, 0.2) is 30.3 Å². The molecule has 0 aliphatic carbocycles. The van der Waals surface area contributed by atoms with E-state index < -0.39 is 17.7 Å². The number of amides is 2. The van der Waals surface area contributed by atoms with Crippen LogP contribution in [0.1, 0.15) is 39.2 Å². The van der Waals surface area contributed by atoms with Crippen molar-refractivity contribution in [2.75, 3.05) is 6.54 Å². The lowest BCUT2D eigenvalue weighted by Gasteiger charge is -2.28. The molecule has 0 radical (unpaired) electrons. The standard InChI is InChI=1S/C17H25N3O3/c1-17(2,3)23-16(22)20-11-7-10-14(20)15(21)19-18-12-13-8-5-4-6-9-13/h4-6,8-9,14,18H,7,10-12H2,1-3H3,(H,19,21)/t14-/m1/s1. The number of hydrazine groups is 1. The van der Waals surface area contributed by atoms with Gasteiger partial charge >= 0.3 is 6.09 Å². The minimum Gasteiger partial charge on any atom is -0.444 e. The molecule has 0 bridgehead atoms. The Balaban J connectivity index is 1.84. The van der Waals surface area contributed by atoms with Crippen LogP contribution in [0.5, 0.6) is 0 Å². The van der Waals surface area contributed by atoms with E-state index in [1.54, 1.807) is 0 Å². The van der Waals surface area contributed by atoms with E-state index in [2.05, 4.69) is 10.9 Å². The van der Waals surface area contributed by atoms with E-state index >= 15 is 0 Å². The number of nitrogens with zero attached hydrogens (tertiary/aromatic N) is 1. The number of hydrogen-bond donors (Lipinski definition) is 2. The van der Waals surface area contributed by atoms with E-state index in [4.69, 9.17) is 4.74 Å². The molecular formula is C17H25N3O3. The van der Waals surface area contributed by atoms with Crippen LogP contribution in [0.4, 0.5) is 4.79 Å². The molecule has 1 fully saturated rings. The average Bonchev–Trinajstić information content (AvgIpc) is 2.96. The third-order valence-corrected chi connectivity index (χ3v) is 3.53. The molecule has 0 spiro atoms. The fraction of sp³-hybridized carbons (Fsp3) is 0.529. The maximum Gasteiger partial charge on any atom is 0.410 e. The topological polar surface area (TPSA) is 70.7 Å². The van der Waals surface area contributed by atoms with Gasteiger partial charge in [0, 0.05) is 13.1 Å². The Labute approximate surface area is 137 Å². The Morgan fingerprint density at radius 3 is 2.61 bits per heavy atom. The average molecular weight is 319 g/mol. The second kappa shape index (κ2) is 7.46. The molecule has 1 aliphatic heterocycles. The number of likely N-dealkylation sites (tertiary alicyclic amines) is 1. The normalized spacial score (nSPS) is 17.9. The van der Waals surface area contributed by atoms with Gasteiger partial charge in [-0.25, -0.2) is 10.2 Å². The summed E-state index contributed by atoms with van der Waals surface area (Å²) in [5.41, 5.74) is 6.10. The van der Waals surface area contributed by atoms with Gasteiger partial charge in [-0.1, -0.05) is 30.3 Å². The molecule has 1 atom stereocenters. The molecule has 126 valence electrons. The first-order valence-electron chi connectivity index (χ1n) is 7.93. The lowest BCUT2D eigenvalue weighted by molar-refractivity contribution is -0.126. The summed E-state index contributed by atoms with van der Waals surface area (Å²) < 4.78 is 5.36. The minimum atomic E-state index is -0.563. The highest BCUT2D eigenvalue weighted by Gasteiger charge is 2.36. The molecule has 1 heterocycles. The van der Waals surface area contributed by atoms with Crippen LogP contribution in [0.25, 0.3) is 0 Å². The molecule has 2 rings (SSSR count). The van der Waals surface area contributed by atoms with Crippen molar-refractivity contribution in [3.05, 3.63) is 35.9 Å². The Morgan fingerprint density at radius 1 is 1.26 bits per heavy atom. The molecule has 0 aromatic heterocycles. The third-order valence-electron chi connectivity index (χ3n) is 3.53. The number of carbonyl (C=O) groups excluding carboxylic acids is 2. The summed E-state index contributed by atoms with van der Waals surface area (Å²) in [4.78, 5) is 26.0. The molecule has 2 amide bonds. The van der Waals surface area contributed by atoms with Crippen molar-refractivity contribution in [3.8, 4) is 0 Å². The highest BCUT2D eigenvalue weighted by Crippen LogP contribution is 2.20. The van der Waals surface area contributed by atoms with Crippen molar-refractivity contribution in [2.45, 2.75) is 51.8 Å². The summed E-state index contributed by atoms with van der Waals surface area (Å²) in [6, 6.07) is 9.30. The second-order valence-corrected chi connectivity index (χ2v) is 6.66. The minimum absolute atomic E-state index is 0.204. The number of nitrogens with one attached hydrogen (secondary N) is 2. The van der Waals surface area contributed by atoms with Crippen molar-refractivity contribution in [1.29, 1.82) is 0 Å². The second-order valence-electron chi connectivity index (χ2n) is 6.66. The first kappa shape index (κ1) is 17.3. The van der Waals surface area contributed by atoms with Crippen LogP contribution in [0.2, 0.25) is 0 Å². The highest BCUT2D eigenvalue weighted by atomic mass is 16.6. The zero-order valence-corrected chi connectivity index (χ0v) is 14.0. The largest absolute Gasteiger partial charge is 0.444 e. The van der Waals surface area contributed by atoms with Crippen LogP contribution in [-0.4, -0.2) is 35.1 Å². The predicted octanol–water partition coefficient (Wildman–Crippen LogP) is 2.21. The maximum atomic E-state index is 12.3. The molecule has 23 heavy (non-hydrogen) atoms. The maximum absolute atomic E-state index is 12.3. The number of carbonyl (C=O) groups is 2. The van der Waals surface area contributed by atoms with Crippen molar-refractivity contribution in [2.24, 2.45) is 0 Å². The number of benzene rings is 1. The van der Waals surface area contributed by atoms with E-state index in [-0.39, 0.29) is 5.91 Å². The third kappa shape index (κ3) is 5.25. The Morgan fingerprint density at radius 2 is 1.96 bits per heavy atom. The van der Waals surface area contributed by atoms with Gasteiger partial charge in [0.2, 0.25) is 0 Å². The summed E-state index contributed by atoms with van der Waals surface area (Å²) in [5.74, 6) is -0.204. The van der Waals surface area contributed by atoms with Gasteiger partial charge in [0.05, 0.1) is 0 Å². The lowest BCUT2D eigenvalue weighted by Crippen LogP contribution is -2.50. The predicted molar refractivity (Wildman–Crippen MR) is 87.4 cm³/mol. The van der Waals surface area contributed by atoms with Crippen LogP contribution in [0.3, 0.4) is 0 Å². The zero-order chi connectivity index (χ0) is 16.9. The number of hydrogen-bond acceptors (Lipinski definition) is 4. The zero-order valence-electron chi connectivity index (χ0n) is 14.0. The molecule has 2 N–H and O–H groups in total. The molecule has 0 saturated carbocycles.